The van der Waals surface area contributed by atoms with Gasteiger partial charge in [-0.25, -0.2) is 14.6 Å². The maximum Gasteiger partial charge on any atom is 0.338 e. The van der Waals surface area contributed by atoms with E-state index in [-0.39, 0.29) is 28.3 Å². The Bertz CT molecular complexity index is 2130. The molecule has 0 radical (unpaired) electrons. The van der Waals surface area contributed by atoms with Crippen LogP contribution < -0.4 is 14.9 Å². The van der Waals surface area contributed by atoms with Gasteiger partial charge in [-0.1, -0.05) is 77.0 Å². The maximum absolute atomic E-state index is 14.0. The fraction of sp³-hybridized carbons (Fsp3) is 0.0909. The summed E-state index contributed by atoms with van der Waals surface area (Å²) in [5.74, 6) is -0.966. The topological polar surface area (TPSA) is 111 Å². The number of aromatic carboxylic acids is 1. The highest BCUT2D eigenvalue weighted by molar-refractivity contribution is 7.07. The monoisotopic (exact) mass is 644 g/mol. The zero-order valence-corrected chi connectivity index (χ0v) is 25.3. The van der Waals surface area contributed by atoms with Gasteiger partial charge >= 0.3 is 11.9 Å². The minimum absolute atomic E-state index is 0.0516. The second-order valence-corrected chi connectivity index (χ2v) is 11.5. The molecule has 11 heteroatoms. The van der Waals surface area contributed by atoms with Crippen LogP contribution in [-0.4, -0.2) is 28.2 Å². The van der Waals surface area contributed by atoms with Crippen molar-refractivity contribution >= 4 is 58.3 Å². The van der Waals surface area contributed by atoms with Crippen molar-refractivity contribution in [2.45, 2.75) is 13.0 Å². The third kappa shape index (κ3) is 5.53. The van der Waals surface area contributed by atoms with Crippen LogP contribution in [0.1, 0.15) is 40.2 Å². The minimum atomic E-state index is -1.16. The first kappa shape index (κ1) is 29.4. The van der Waals surface area contributed by atoms with Crippen molar-refractivity contribution in [3.8, 4) is 11.3 Å². The number of furan rings is 1. The number of aromatic nitrogens is 1. The predicted molar refractivity (Wildman–Crippen MR) is 169 cm³/mol. The Morgan fingerprint density at radius 1 is 1.02 bits per heavy atom. The van der Waals surface area contributed by atoms with Gasteiger partial charge in [0.2, 0.25) is 0 Å². The van der Waals surface area contributed by atoms with Gasteiger partial charge in [-0.3, -0.25) is 9.36 Å². The van der Waals surface area contributed by atoms with Crippen LogP contribution in [-0.2, 0) is 9.53 Å². The van der Waals surface area contributed by atoms with Crippen LogP contribution in [0.2, 0.25) is 10.0 Å². The molecule has 0 fully saturated rings. The van der Waals surface area contributed by atoms with Crippen LogP contribution in [0.5, 0.6) is 0 Å². The number of carbonyl (C=O) groups excluding carboxylic acids is 1. The Balaban J connectivity index is 1.53. The number of carboxylic acid groups (broad SMARTS) is 1. The van der Waals surface area contributed by atoms with Crippen molar-refractivity contribution in [1.82, 2.24) is 4.57 Å². The maximum atomic E-state index is 14.0. The Hall–Kier alpha value is -4.70. The highest BCUT2D eigenvalue weighted by atomic mass is 35.5. The number of carboxylic acids is 1. The van der Waals surface area contributed by atoms with Crippen molar-refractivity contribution in [1.29, 1.82) is 0 Å². The summed E-state index contributed by atoms with van der Waals surface area (Å²) in [7, 11) is 0. The van der Waals surface area contributed by atoms with Gasteiger partial charge < -0.3 is 14.3 Å². The highest BCUT2D eigenvalue weighted by Gasteiger charge is 2.35. The Labute approximate surface area is 264 Å². The van der Waals surface area contributed by atoms with Gasteiger partial charge in [0.25, 0.3) is 5.56 Å². The number of benzene rings is 3. The van der Waals surface area contributed by atoms with Gasteiger partial charge in [0.05, 0.1) is 39.0 Å². The Kier molecular flexibility index (Phi) is 8.09. The first-order valence-corrected chi connectivity index (χ1v) is 15.0. The van der Waals surface area contributed by atoms with Gasteiger partial charge in [0, 0.05) is 22.2 Å². The standard InChI is InChI=1S/C33H22Cl2N2O6S/c1-2-42-32(41)27-28(18-6-4-3-5-7-18)36-33-37(29(27)19-8-11-21(34)12-9-19)30(38)26(44-33)17-22-13-15-25(43-22)20-10-14-24(35)23(16-20)31(39)40/h3-17,29H,2H2,1H3,(H,39,40). The summed E-state index contributed by atoms with van der Waals surface area (Å²) in [6.07, 6.45) is 1.59. The third-order valence-corrected chi connectivity index (χ3v) is 8.51. The zero-order chi connectivity index (χ0) is 31.0. The molecule has 3 aromatic carbocycles. The van der Waals surface area contributed by atoms with Gasteiger partial charge in [-0.05, 0) is 55.0 Å². The molecule has 1 aliphatic heterocycles. The molecule has 5 aromatic rings. The molecule has 0 spiro atoms. The number of hydrogen-bond acceptors (Lipinski definition) is 7. The number of halogens is 2. The molecule has 6 rings (SSSR count). The summed E-state index contributed by atoms with van der Waals surface area (Å²) >= 11 is 13.4. The number of nitrogens with zero attached hydrogens (tertiary/aromatic N) is 2. The smallest absolute Gasteiger partial charge is 0.338 e. The van der Waals surface area contributed by atoms with Crippen molar-refractivity contribution in [3.63, 3.8) is 0 Å². The van der Waals surface area contributed by atoms with E-state index in [0.717, 1.165) is 11.3 Å². The van der Waals surface area contributed by atoms with E-state index in [4.69, 9.17) is 37.3 Å². The molecule has 0 saturated heterocycles. The van der Waals surface area contributed by atoms with Crippen LogP contribution in [0.4, 0.5) is 0 Å². The van der Waals surface area contributed by atoms with E-state index < -0.39 is 18.0 Å². The van der Waals surface area contributed by atoms with Gasteiger partial charge in [-0.2, -0.15) is 0 Å². The van der Waals surface area contributed by atoms with Crippen molar-refractivity contribution in [2.24, 2.45) is 4.99 Å². The van der Waals surface area contributed by atoms with Crippen molar-refractivity contribution < 1.29 is 23.8 Å². The van der Waals surface area contributed by atoms with Crippen LogP contribution in [0.3, 0.4) is 0 Å². The van der Waals surface area contributed by atoms with Crippen LogP contribution in [0, 0.1) is 0 Å². The fourth-order valence-electron chi connectivity index (χ4n) is 4.96. The molecule has 0 aliphatic carbocycles. The molecular weight excluding hydrogens is 623 g/mol. The molecule has 0 saturated carbocycles. The normalized spacial score (nSPS) is 14.7. The van der Waals surface area contributed by atoms with Crippen LogP contribution in [0.25, 0.3) is 23.1 Å². The summed E-state index contributed by atoms with van der Waals surface area (Å²) in [5, 5.41) is 10.1. The molecule has 1 atom stereocenters. The molecule has 220 valence electrons. The molecular formula is C33H22Cl2N2O6S. The van der Waals surface area contributed by atoms with E-state index in [9.17, 15) is 19.5 Å². The van der Waals surface area contributed by atoms with Crippen LogP contribution >= 0.6 is 34.5 Å². The van der Waals surface area contributed by atoms with E-state index in [1.54, 1.807) is 55.5 Å². The number of fused-ring (bicyclic) bond motifs is 1. The predicted octanol–water partition coefficient (Wildman–Crippen LogP) is 6.20. The van der Waals surface area contributed by atoms with Gasteiger partial charge in [0.1, 0.15) is 11.5 Å². The molecule has 2 aromatic heterocycles. The summed E-state index contributed by atoms with van der Waals surface area (Å²) in [5.41, 5.74) is 2.09. The minimum Gasteiger partial charge on any atom is -0.478 e. The molecule has 1 unspecified atom stereocenters. The lowest BCUT2D eigenvalue weighted by atomic mass is 9.93. The van der Waals surface area contributed by atoms with E-state index in [0.29, 0.717) is 48.3 Å². The number of ether oxygens (including phenoxy) is 1. The Morgan fingerprint density at radius 2 is 1.77 bits per heavy atom. The molecule has 0 amide bonds. The second kappa shape index (κ2) is 12.1. The molecule has 1 aliphatic rings. The molecule has 3 heterocycles. The molecule has 0 bridgehead atoms. The van der Waals surface area contributed by atoms with Crippen LogP contribution in [0.15, 0.2) is 105 Å². The van der Waals surface area contributed by atoms with Gasteiger partial charge in [-0.15, -0.1) is 0 Å². The number of hydrogen-bond donors (Lipinski definition) is 1. The highest BCUT2D eigenvalue weighted by Crippen LogP contribution is 2.35. The largest absolute Gasteiger partial charge is 0.478 e. The molecule has 1 N–H and O–H groups in total. The summed E-state index contributed by atoms with van der Waals surface area (Å²) in [6, 6.07) is 23.3. The van der Waals surface area contributed by atoms with Gasteiger partial charge in [0.15, 0.2) is 4.80 Å². The number of esters is 1. The number of rotatable bonds is 7. The second-order valence-electron chi connectivity index (χ2n) is 9.68. The van der Waals surface area contributed by atoms with Crippen molar-refractivity contribution in [2.75, 3.05) is 6.61 Å². The summed E-state index contributed by atoms with van der Waals surface area (Å²) in [6.45, 7) is 1.86. The SMILES string of the molecule is CCOC(=O)C1=C(c2ccccc2)N=c2sc(=Cc3ccc(-c4ccc(Cl)c(C(=O)O)c4)o3)c(=O)n2C1c1ccc(Cl)cc1. The first-order chi connectivity index (χ1) is 21.2. The lowest BCUT2D eigenvalue weighted by Crippen LogP contribution is -2.39. The quantitative estimate of drug-likeness (QED) is 0.211. The van der Waals surface area contributed by atoms with E-state index in [2.05, 4.69) is 0 Å². The first-order valence-electron chi connectivity index (χ1n) is 13.4. The molecule has 44 heavy (non-hydrogen) atoms. The lowest BCUT2D eigenvalue weighted by molar-refractivity contribution is -0.138. The summed E-state index contributed by atoms with van der Waals surface area (Å²) in [4.78, 5) is 44.3. The average molecular weight is 646 g/mol. The number of thiazole rings is 1. The average Bonchev–Trinajstić information content (AvgIpc) is 3.61. The third-order valence-electron chi connectivity index (χ3n) is 6.94. The van der Waals surface area contributed by atoms with E-state index in [1.807, 2.05) is 30.3 Å². The Morgan fingerprint density at radius 3 is 2.48 bits per heavy atom. The van der Waals surface area contributed by atoms with Crippen molar-refractivity contribution in [3.05, 3.63) is 143 Å². The lowest BCUT2D eigenvalue weighted by Gasteiger charge is -2.25. The fourth-order valence-corrected chi connectivity index (χ4v) is 6.26. The van der Waals surface area contributed by atoms with E-state index >= 15 is 0 Å². The molecule has 8 nitrogen and oxygen atoms in total. The summed E-state index contributed by atoms with van der Waals surface area (Å²) < 4.78 is 13.3. The zero-order valence-electron chi connectivity index (χ0n) is 23.0. The van der Waals surface area contributed by atoms with E-state index in [1.165, 1.54) is 16.7 Å². The number of carbonyl (C=O) groups is 2.